The predicted molar refractivity (Wildman–Crippen MR) is 98.1 cm³/mol. The van der Waals surface area contributed by atoms with Gasteiger partial charge in [-0.2, -0.15) is 4.98 Å². The molecule has 1 aromatic carbocycles. The Kier molecular flexibility index (Phi) is 4.70. The Morgan fingerprint density at radius 3 is 2.58 bits per heavy atom. The molecule has 9 nitrogen and oxygen atoms in total. The van der Waals surface area contributed by atoms with Crippen molar-refractivity contribution in [2.24, 2.45) is 14.1 Å². The average Bonchev–Trinajstić information content (AvgIpc) is 2.95. The van der Waals surface area contributed by atoms with Crippen LogP contribution in [0.1, 0.15) is 6.92 Å². The van der Waals surface area contributed by atoms with Gasteiger partial charge in [0, 0.05) is 14.1 Å². The number of fused-ring (bicyclic) bond motifs is 1. The van der Waals surface area contributed by atoms with Crippen molar-refractivity contribution in [3.8, 4) is 11.5 Å². The van der Waals surface area contributed by atoms with Crippen LogP contribution in [0.15, 0.2) is 33.9 Å². The van der Waals surface area contributed by atoms with Gasteiger partial charge in [0.25, 0.3) is 5.56 Å². The fourth-order valence-electron chi connectivity index (χ4n) is 2.68. The van der Waals surface area contributed by atoms with Crippen molar-refractivity contribution in [1.29, 1.82) is 0 Å². The minimum atomic E-state index is -0.500. The van der Waals surface area contributed by atoms with Crippen molar-refractivity contribution in [1.82, 2.24) is 19.1 Å². The smallest absolute Gasteiger partial charge is 0.329 e. The first-order chi connectivity index (χ1) is 12.4. The molecule has 9 heteroatoms. The van der Waals surface area contributed by atoms with Crippen molar-refractivity contribution < 1.29 is 9.47 Å². The minimum absolute atomic E-state index is 0.187. The highest BCUT2D eigenvalue weighted by molar-refractivity contribution is 5.73. The molecule has 0 amide bonds. The van der Waals surface area contributed by atoms with E-state index < -0.39 is 11.2 Å². The molecule has 0 aliphatic heterocycles. The lowest BCUT2D eigenvalue weighted by Crippen LogP contribution is -2.29. The molecule has 0 aliphatic rings. The lowest BCUT2D eigenvalue weighted by atomic mass is 10.3. The highest BCUT2D eigenvalue weighted by atomic mass is 16.5. The summed E-state index contributed by atoms with van der Waals surface area (Å²) in [4.78, 5) is 30.4. The molecule has 0 aliphatic carbocycles. The molecule has 0 spiro atoms. The SMILES string of the molecule is COc1ccccc1OC(C)CNc1nc2c(c(=O)[nH]c(=O)n2C)n1C. The molecule has 26 heavy (non-hydrogen) atoms. The first kappa shape index (κ1) is 17.6. The Labute approximate surface area is 149 Å². The van der Waals surface area contributed by atoms with Gasteiger partial charge < -0.3 is 19.4 Å². The summed E-state index contributed by atoms with van der Waals surface area (Å²) in [6.07, 6.45) is -0.187. The summed E-state index contributed by atoms with van der Waals surface area (Å²) in [7, 11) is 4.86. The molecule has 3 rings (SSSR count). The van der Waals surface area contributed by atoms with E-state index in [9.17, 15) is 9.59 Å². The van der Waals surface area contributed by atoms with Gasteiger partial charge in [0.05, 0.1) is 13.7 Å². The number of nitrogens with zero attached hydrogens (tertiary/aromatic N) is 3. The third-order valence-corrected chi connectivity index (χ3v) is 4.08. The third-order valence-electron chi connectivity index (χ3n) is 4.08. The molecule has 3 aromatic rings. The zero-order valence-corrected chi connectivity index (χ0v) is 15.1. The number of benzene rings is 1. The fourth-order valence-corrected chi connectivity index (χ4v) is 2.68. The Morgan fingerprint density at radius 1 is 1.19 bits per heavy atom. The van der Waals surface area contributed by atoms with Gasteiger partial charge in [-0.15, -0.1) is 0 Å². The van der Waals surface area contributed by atoms with E-state index in [0.29, 0.717) is 35.2 Å². The summed E-state index contributed by atoms with van der Waals surface area (Å²) >= 11 is 0. The number of anilines is 1. The molecule has 2 heterocycles. The Balaban J connectivity index is 1.78. The maximum atomic E-state index is 12.0. The molecule has 0 saturated carbocycles. The standard InChI is InChI=1S/C17H21N5O4/c1-10(26-12-8-6-5-7-11(12)25-4)9-18-16-19-14-13(21(16)2)15(23)20-17(24)22(14)3/h5-8,10H,9H2,1-4H3,(H,18,19)(H,20,23,24). The Bertz CT molecular complexity index is 1050. The normalized spacial score (nSPS) is 12.2. The molecular formula is C17H21N5O4. The van der Waals surface area contributed by atoms with Crippen LogP contribution >= 0.6 is 0 Å². The molecular weight excluding hydrogens is 338 g/mol. The van der Waals surface area contributed by atoms with Crippen LogP contribution in [0.3, 0.4) is 0 Å². The summed E-state index contributed by atoms with van der Waals surface area (Å²) < 4.78 is 14.1. The summed E-state index contributed by atoms with van der Waals surface area (Å²) in [5.41, 5.74) is -0.320. The molecule has 1 atom stereocenters. The van der Waals surface area contributed by atoms with Gasteiger partial charge in [0.15, 0.2) is 22.7 Å². The van der Waals surface area contributed by atoms with Crippen LogP contribution in [-0.2, 0) is 14.1 Å². The minimum Gasteiger partial charge on any atom is -0.493 e. The van der Waals surface area contributed by atoms with E-state index >= 15 is 0 Å². The fraction of sp³-hybridized carbons (Fsp3) is 0.353. The maximum Gasteiger partial charge on any atom is 0.329 e. The number of ether oxygens (including phenoxy) is 2. The van der Waals surface area contributed by atoms with Crippen molar-refractivity contribution in [2.45, 2.75) is 13.0 Å². The number of methoxy groups -OCH3 is 1. The van der Waals surface area contributed by atoms with Gasteiger partial charge in [-0.05, 0) is 19.1 Å². The van der Waals surface area contributed by atoms with Gasteiger partial charge in [-0.1, -0.05) is 12.1 Å². The van der Waals surface area contributed by atoms with E-state index in [-0.39, 0.29) is 6.10 Å². The second-order valence-electron chi connectivity index (χ2n) is 5.95. The first-order valence-corrected chi connectivity index (χ1v) is 8.11. The van der Waals surface area contributed by atoms with Crippen molar-refractivity contribution >= 4 is 17.1 Å². The molecule has 0 bridgehead atoms. The van der Waals surface area contributed by atoms with Crippen molar-refractivity contribution in [3.05, 3.63) is 45.1 Å². The van der Waals surface area contributed by atoms with E-state index in [2.05, 4.69) is 15.3 Å². The molecule has 0 radical (unpaired) electrons. The van der Waals surface area contributed by atoms with Crippen molar-refractivity contribution in [2.75, 3.05) is 19.0 Å². The molecule has 2 aromatic heterocycles. The number of para-hydroxylation sites is 2. The van der Waals surface area contributed by atoms with E-state index in [1.165, 1.54) is 4.57 Å². The number of hydrogen-bond acceptors (Lipinski definition) is 6. The first-order valence-electron chi connectivity index (χ1n) is 8.11. The highest BCUT2D eigenvalue weighted by Crippen LogP contribution is 2.26. The van der Waals surface area contributed by atoms with Crippen LogP contribution < -0.4 is 26.0 Å². The van der Waals surface area contributed by atoms with Gasteiger partial charge >= 0.3 is 5.69 Å². The number of aromatic amines is 1. The zero-order chi connectivity index (χ0) is 18.8. The van der Waals surface area contributed by atoms with Gasteiger partial charge in [0.1, 0.15) is 6.10 Å². The van der Waals surface area contributed by atoms with E-state index in [1.54, 1.807) is 25.8 Å². The summed E-state index contributed by atoms with van der Waals surface area (Å²) in [5, 5.41) is 3.15. The highest BCUT2D eigenvalue weighted by Gasteiger charge is 2.16. The molecule has 1 unspecified atom stereocenters. The number of H-pyrrole nitrogens is 1. The van der Waals surface area contributed by atoms with Crippen LogP contribution in [0, 0.1) is 0 Å². The summed E-state index contributed by atoms with van der Waals surface area (Å²) in [6, 6.07) is 7.40. The summed E-state index contributed by atoms with van der Waals surface area (Å²) in [5.74, 6) is 1.78. The largest absolute Gasteiger partial charge is 0.493 e. The monoisotopic (exact) mass is 359 g/mol. The number of aryl methyl sites for hydroxylation is 2. The van der Waals surface area contributed by atoms with E-state index in [4.69, 9.17) is 9.47 Å². The molecule has 0 fully saturated rings. The number of rotatable bonds is 6. The number of nitrogens with one attached hydrogen (secondary N) is 2. The third kappa shape index (κ3) is 3.15. The predicted octanol–water partition coefficient (Wildman–Crippen LogP) is 0.848. The van der Waals surface area contributed by atoms with Crippen LogP contribution in [-0.4, -0.2) is 38.9 Å². The van der Waals surface area contributed by atoms with Crippen LogP contribution in [0.5, 0.6) is 11.5 Å². The number of aromatic nitrogens is 4. The van der Waals surface area contributed by atoms with E-state index in [0.717, 1.165) is 0 Å². The topological polar surface area (TPSA) is 103 Å². The Hall–Kier alpha value is -3.23. The lowest BCUT2D eigenvalue weighted by Gasteiger charge is -2.17. The quantitative estimate of drug-likeness (QED) is 0.676. The van der Waals surface area contributed by atoms with Crippen molar-refractivity contribution in [3.63, 3.8) is 0 Å². The molecule has 0 saturated heterocycles. The van der Waals surface area contributed by atoms with Crippen LogP contribution in [0.4, 0.5) is 5.95 Å². The second kappa shape index (κ2) is 6.95. The zero-order valence-electron chi connectivity index (χ0n) is 15.1. The van der Waals surface area contributed by atoms with Gasteiger partial charge in [0.2, 0.25) is 5.95 Å². The van der Waals surface area contributed by atoms with E-state index in [1.807, 2.05) is 31.2 Å². The van der Waals surface area contributed by atoms with Crippen LogP contribution in [0.2, 0.25) is 0 Å². The second-order valence-corrected chi connectivity index (χ2v) is 5.95. The van der Waals surface area contributed by atoms with Crippen LogP contribution in [0.25, 0.3) is 11.2 Å². The van der Waals surface area contributed by atoms with Gasteiger partial charge in [-0.25, -0.2) is 4.79 Å². The lowest BCUT2D eigenvalue weighted by molar-refractivity contribution is 0.223. The summed E-state index contributed by atoms with van der Waals surface area (Å²) in [6.45, 7) is 2.35. The molecule has 2 N–H and O–H groups in total. The Morgan fingerprint density at radius 2 is 1.88 bits per heavy atom. The van der Waals surface area contributed by atoms with Gasteiger partial charge in [-0.3, -0.25) is 14.3 Å². The average molecular weight is 359 g/mol. The molecule has 138 valence electrons. The number of hydrogen-bond donors (Lipinski definition) is 2. The maximum absolute atomic E-state index is 12.0. The number of imidazole rings is 1.